The lowest BCUT2D eigenvalue weighted by Gasteiger charge is -2.17. The van der Waals surface area contributed by atoms with Crippen molar-refractivity contribution in [2.75, 3.05) is 13.7 Å². The van der Waals surface area contributed by atoms with Gasteiger partial charge >= 0.3 is 0 Å². The molecule has 0 saturated carbocycles. The summed E-state index contributed by atoms with van der Waals surface area (Å²) in [6, 6.07) is 2.01. The first-order valence-corrected chi connectivity index (χ1v) is 8.47. The molecule has 118 valence electrons. The molecule has 2 atom stereocenters. The first kappa shape index (κ1) is 16.6. The monoisotopic (exact) mass is 336 g/mol. The molecule has 2 N–H and O–H groups in total. The van der Waals surface area contributed by atoms with Gasteiger partial charge in [0.15, 0.2) is 0 Å². The number of sulfonamides is 1. The van der Waals surface area contributed by atoms with Crippen molar-refractivity contribution in [3.63, 3.8) is 0 Å². The smallest absolute Gasteiger partial charge is 0.241 e. The first-order valence-electron chi connectivity index (χ1n) is 6.61. The molecule has 0 amide bonds. The molecule has 8 heteroatoms. The van der Waals surface area contributed by atoms with Crippen LogP contribution in [-0.4, -0.2) is 34.2 Å². The summed E-state index contributed by atoms with van der Waals surface area (Å²) >= 11 is 5.84. The highest BCUT2D eigenvalue weighted by atomic mass is 35.5. The Bertz CT molecular complexity index is 624. The van der Waals surface area contributed by atoms with Gasteiger partial charge in [0, 0.05) is 13.2 Å². The lowest BCUT2D eigenvalue weighted by Crippen LogP contribution is -2.39. The second kappa shape index (κ2) is 6.58. The third-order valence-electron chi connectivity index (χ3n) is 3.44. The highest BCUT2D eigenvalue weighted by molar-refractivity contribution is 7.89. The van der Waals surface area contributed by atoms with Gasteiger partial charge in [0.1, 0.15) is 5.82 Å². The van der Waals surface area contributed by atoms with E-state index >= 15 is 0 Å². The Balaban J connectivity index is 2.31. The fraction of sp³-hybridized carbons (Fsp3) is 0.538. The number of halogens is 2. The van der Waals surface area contributed by atoms with Crippen molar-refractivity contribution in [2.45, 2.75) is 36.9 Å². The highest BCUT2D eigenvalue weighted by Gasteiger charge is 2.29. The molecule has 0 aliphatic carbocycles. The predicted octanol–water partition coefficient (Wildman–Crippen LogP) is 1.65. The van der Waals surface area contributed by atoms with E-state index in [4.69, 9.17) is 16.3 Å². The summed E-state index contributed by atoms with van der Waals surface area (Å²) < 4.78 is 46.4. The lowest BCUT2D eigenvalue weighted by atomic mass is 10.2. The Morgan fingerprint density at radius 1 is 1.48 bits per heavy atom. The fourth-order valence-corrected chi connectivity index (χ4v) is 3.82. The molecule has 0 radical (unpaired) electrons. The SMILES string of the molecule is CNCc1cc(S(=O)(=O)NC2CCOC2C)cc(F)c1Cl. The van der Waals surface area contributed by atoms with Crippen molar-refractivity contribution >= 4 is 21.6 Å². The number of benzene rings is 1. The van der Waals surface area contributed by atoms with Crippen LogP contribution in [0, 0.1) is 5.82 Å². The van der Waals surface area contributed by atoms with Crippen LogP contribution in [0.1, 0.15) is 18.9 Å². The van der Waals surface area contributed by atoms with Gasteiger partial charge in [-0.2, -0.15) is 0 Å². The summed E-state index contributed by atoms with van der Waals surface area (Å²) in [5.41, 5.74) is 0.398. The van der Waals surface area contributed by atoms with Gasteiger partial charge in [0.2, 0.25) is 10.0 Å². The zero-order chi connectivity index (χ0) is 15.6. The van der Waals surface area contributed by atoms with Gasteiger partial charge in [0.25, 0.3) is 0 Å². The maximum atomic E-state index is 13.8. The van der Waals surface area contributed by atoms with Crippen molar-refractivity contribution in [3.8, 4) is 0 Å². The number of rotatable bonds is 5. The fourth-order valence-electron chi connectivity index (χ4n) is 2.25. The van der Waals surface area contributed by atoms with E-state index in [0.29, 0.717) is 18.6 Å². The van der Waals surface area contributed by atoms with Crippen LogP contribution < -0.4 is 10.0 Å². The van der Waals surface area contributed by atoms with Gasteiger partial charge in [-0.1, -0.05) is 11.6 Å². The molecule has 0 aromatic heterocycles. The van der Waals surface area contributed by atoms with Gasteiger partial charge in [-0.3, -0.25) is 0 Å². The minimum absolute atomic E-state index is 0.0686. The van der Waals surface area contributed by atoms with E-state index in [1.807, 2.05) is 0 Å². The van der Waals surface area contributed by atoms with Gasteiger partial charge in [-0.05, 0) is 38.1 Å². The van der Waals surface area contributed by atoms with E-state index in [-0.39, 0.29) is 28.6 Å². The molecule has 0 spiro atoms. The van der Waals surface area contributed by atoms with Crippen LogP contribution in [0.2, 0.25) is 5.02 Å². The second-order valence-corrected chi connectivity index (χ2v) is 7.09. The standard InChI is InChI=1S/C13H18ClFN2O3S/c1-8-12(3-4-20-8)17-21(18,19)10-5-9(7-16-2)13(14)11(15)6-10/h5-6,8,12,16-17H,3-4,7H2,1-2H3. The minimum Gasteiger partial charge on any atom is -0.377 e. The Labute approximate surface area is 128 Å². The summed E-state index contributed by atoms with van der Waals surface area (Å²) in [6.45, 7) is 2.59. The lowest BCUT2D eigenvalue weighted by molar-refractivity contribution is 0.117. The number of nitrogens with one attached hydrogen (secondary N) is 2. The van der Waals surface area contributed by atoms with Crippen LogP contribution in [0.4, 0.5) is 4.39 Å². The average molecular weight is 337 g/mol. The maximum Gasteiger partial charge on any atom is 0.241 e. The van der Waals surface area contributed by atoms with Crippen molar-refractivity contribution in [1.29, 1.82) is 0 Å². The molecular formula is C13H18ClFN2O3S. The molecular weight excluding hydrogens is 319 g/mol. The van der Waals surface area contributed by atoms with E-state index in [9.17, 15) is 12.8 Å². The summed E-state index contributed by atoms with van der Waals surface area (Å²) in [4.78, 5) is -0.131. The highest BCUT2D eigenvalue weighted by Crippen LogP contribution is 2.25. The topological polar surface area (TPSA) is 67.4 Å². The van der Waals surface area contributed by atoms with Crippen LogP contribution in [-0.2, 0) is 21.3 Å². The van der Waals surface area contributed by atoms with Gasteiger partial charge in [-0.15, -0.1) is 0 Å². The number of ether oxygens (including phenoxy) is 1. The van der Waals surface area contributed by atoms with E-state index < -0.39 is 15.8 Å². The summed E-state index contributed by atoms with van der Waals surface area (Å²) in [6.07, 6.45) is 0.397. The molecule has 2 unspecified atom stereocenters. The molecule has 2 rings (SSSR count). The quantitative estimate of drug-likeness (QED) is 0.858. The third-order valence-corrected chi connectivity index (χ3v) is 5.33. The summed E-state index contributed by atoms with van der Waals surface area (Å²) in [5.74, 6) is -0.750. The Hall–Kier alpha value is -0.730. The van der Waals surface area contributed by atoms with Crippen molar-refractivity contribution in [3.05, 3.63) is 28.5 Å². The first-order chi connectivity index (χ1) is 9.85. The minimum atomic E-state index is -3.81. The molecule has 1 aromatic carbocycles. The van der Waals surface area contributed by atoms with Crippen LogP contribution in [0.5, 0.6) is 0 Å². The van der Waals surface area contributed by atoms with E-state index in [1.54, 1.807) is 14.0 Å². The van der Waals surface area contributed by atoms with Gasteiger partial charge in [0.05, 0.1) is 22.1 Å². The second-order valence-electron chi connectivity index (χ2n) is 5.00. The maximum absolute atomic E-state index is 13.8. The molecule has 1 fully saturated rings. The van der Waals surface area contributed by atoms with E-state index in [1.165, 1.54) is 6.07 Å². The van der Waals surface area contributed by atoms with Crippen LogP contribution in [0.25, 0.3) is 0 Å². The zero-order valence-corrected chi connectivity index (χ0v) is 13.4. The Morgan fingerprint density at radius 2 is 2.19 bits per heavy atom. The molecule has 1 aromatic rings. The summed E-state index contributed by atoms with van der Waals surface area (Å²) in [7, 11) is -2.14. The summed E-state index contributed by atoms with van der Waals surface area (Å²) in [5, 5.41) is 2.76. The molecule has 5 nitrogen and oxygen atoms in total. The Kier molecular flexibility index (Phi) is 5.21. The molecule has 1 aliphatic rings. The molecule has 1 heterocycles. The van der Waals surface area contributed by atoms with Crippen LogP contribution >= 0.6 is 11.6 Å². The Morgan fingerprint density at radius 3 is 2.76 bits per heavy atom. The molecule has 0 bridgehead atoms. The normalized spacial score (nSPS) is 22.7. The van der Waals surface area contributed by atoms with Crippen molar-refractivity contribution < 1.29 is 17.5 Å². The molecule has 1 aliphatic heterocycles. The number of hydrogen-bond donors (Lipinski definition) is 2. The van der Waals surface area contributed by atoms with E-state index in [2.05, 4.69) is 10.0 Å². The van der Waals surface area contributed by atoms with Crippen LogP contribution in [0.3, 0.4) is 0 Å². The van der Waals surface area contributed by atoms with Gasteiger partial charge in [-0.25, -0.2) is 17.5 Å². The van der Waals surface area contributed by atoms with Gasteiger partial charge < -0.3 is 10.1 Å². The molecule has 21 heavy (non-hydrogen) atoms. The van der Waals surface area contributed by atoms with Crippen molar-refractivity contribution in [1.82, 2.24) is 10.0 Å². The van der Waals surface area contributed by atoms with Crippen molar-refractivity contribution in [2.24, 2.45) is 0 Å². The number of hydrogen-bond acceptors (Lipinski definition) is 4. The third kappa shape index (κ3) is 3.73. The van der Waals surface area contributed by atoms with Crippen LogP contribution in [0.15, 0.2) is 17.0 Å². The predicted molar refractivity (Wildman–Crippen MR) is 78.3 cm³/mol. The largest absolute Gasteiger partial charge is 0.377 e. The zero-order valence-electron chi connectivity index (χ0n) is 11.8. The molecule has 1 saturated heterocycles. The average Bonchev–Trinajstić information content (AvgIpc) is 2.80. The van der Waals surface area contributed by atoms with E-state index in [0.717, 1.165) is 6.07 Å².